The molecule has 0 N–H and O–H groups in total. The molecule has 7 heteroatoms. The Bertz CT molecular complexity index is 384. The molecule has 0 spiro atoms. The van der Waals surface area contributed by atoms with Crippen LogP contribution in [0.1, 0.15) is 10.1 Å². The van der Waals surface area contributed by atoms with Crippen molar-refractivity contribution in [1.82, 2.24) is 0 Å². The van der Waals surface area contributed by atoms with Gasteiger partial charge in [0.25, 0.3) is 0 Å². The Morgan fingerprint density at radius 1 is 1.46 bits per heavy atom. The van der Waals surface area contributed by atoms with Crippen molar-refractivity contribution in [2.45, 2.75) is 5.25 Å². The predicted molar refractivity (Wildman–Crippen MR) is 57.6 cm³/mol. The maximum absolute atomic E-state index is 11.0. The van der Waals surface area contributed by atoms with E-state index in [0.29, 0.717) is 9.21 Å². The second-order valence-electron chi connectivity index (χ2n) is 2.26. The number of hydrogen-bond donors (Lipinski definition) is 0. The Labute approximate surface area is 94.8 Å². The van der Waals surface area contributed by atoms with Gasteiger partial charge in [0.2, 0.25) is 9.05 Å². The van der Waals surface area contributed by atoms with Crippen LogP contribution < -0.4 is 0 Å². The van der Waals surface area contributed by atoms with Crippen molar-refractivity contribution in [2.24, 2.45) is 0 Å². The zero-order valence-electron chi connectivity index (χ0n) is 6.21. The highest BCUT2D eigenvalue weighted by Gasteiger charge is 2.25. The van der Waals surface area contributed by atoms with E-state index < -0.39 is 14.3 Å². The molecular weight excluding hydrogens is 275 g/mol. The van der Waals surface area contributed by atoms with Gasteiger partial charge in [-0.15, -0.1) is 22.9 Å². The van der Waals surface area contributed by atoms with Gasteiger partial charge >= 0.3 is 0 Å². The van der Waals surface area contributed by atoms with E-state index in [4.69, 9.17) is 33.9 Å². The first kappa shape index (κ1) is 11.6. The Balaban J connectivity index is 3.05. The fourth-order valence-corrected chi connectivity index (χ4v) is 4.45. The molecule has 0 saturated heterocycles. The van der Waals surface area contributed by atoms with Gasteiger partial charge in [-0.3, -0.25) is 0 Å². The van der Waals surface area contributed by atoms with Gasteiger partial charge < -0.3 is 0 Å². The molecule has 0 aliphatic carbocycles. The molecule has 1 aromatic rings. The average molecular weight is 280 g/mol. The van der Waals surface area contributed by atoms with Crippen molar-refractivity contribution in [3.8, 4) is 0 Å². The Kier molecular flexibility index (Phi) is 3.89. The Hall–Kier alpha value is 0.520. The van der Waals surface area contributed by atoms with E-state index in [1.165, 1.54) is 0 Å². The largest absolute Gasteiger partial charge is 0.241 e. The van der Waals surface area contributed by atoms with E-state index >= 15 is 0 Å². The SMILES string of the molecule is O=S(=O)(Cl)C(CCl)c1ccc(Cl)s1. The van der Waals surface area contributed by atoms with E-state index in [-0.39, 0.29) is 5.88 Å². The minimum absolute atomic E-state index is 0.0668. The average Bonchev–Trinajstić information content (AvgIpc) is 2.34. The van der Waals surface area contributed by atoms with Crippen molar-refractivity contribution in [3.63, 3.8) is 0 Å². The molecule has 1 heterocycles. The van der Waals surface area contributed by atoms with Crippen LogP contribution >= 0.6 is 45.2 Å². The van der Waals surface area contributed by atoms with Crippen molar-refractivity contribution in [1.29, 1.82) is 0 Å². The van der Waals surface area contributed by atoms with Crippen LogP contribution in [-0.4, -0.2) is 14.3 Å². The molecule has 0 fully saturated rings. The van der Waals surface area contributed by atoms with Gasteiger partial charge in [-0.2, -0.15) is 0 Å². The van der Waals surface area contributed by atoms with Gasteiger partial charge in [-0.05, 0) is 12.1 Å². The molecule has 0 aliphatic rings. The molecule has 2 nitrogen and oxygen atoms in total. The molecule has 13 heavy (non-hydrogen) atoms. The highest BCUT2D eigenvalue weighted by molar-refractivity contribution is 8.14. The molecular formula is C6H5Cl3O2S2. The third-order valence-electron chi connectivity index (χ3n) is 1.39. The first-order chi connectivity index (χ1) is 5.95. The quantitative estimate of drug-likeness (QED) is 0.629. The van der Waals surface area contributed by atoms with Gasteiger partial charge in [-0.25, -0.2) is 8.42 Å². The summed E-state index contributed by atoms with van der Waals surface area (Å²) in [6.45, 7) is 0. The second kappa shape index (κ2) is 4.36. The molecule has 0 aromatic carbocycles. The third-order valence-corrected chi connectivity index (χ3v) is 5.12. The van der Waals surface area contributed by atoms with Crippen LogP contribution in [0, 0.1) is 0 Å². The topological polar surface area (TPSA) is 34.1 Å². The fraction of sp³-hybridized carbons (Fsp3) is 0.333. The third kappa shape index (κ3) is 2.99. The molecule has 1 rings (SSSR count). The zero-order valence-corrected chi connectivity index (χ0v) is 10.1. The van der Waals surface area contributed by atoms with E-state index in [2.05, 4.69) is 0 Å². The van der Waals surface area contributed by atoms with Crippen LogP contribution in [0.3, 0.4) is 0 Å². The van der Waals surface area contributed by atoms with Crippen LogP contribution in [0.25, 0.3) is 0 Å². The van der Waals surface area contributed by atoms with Crippen molar-refractivity contribution < 1.29 is 8.42 Å². The van der Waals surface area contributed by atoms with Gasteiger partial charge in [0.05, 0.1) is 4.34 Å². The minimum Gasteiger partial charge on any atom is -0.211 e. The number of hydrogen-bond acceptors (Lipinski definition) is 3. The summed E-state index contributed by atoms with van der Waals surface area (Å²) in [5.74, 6) is -0.0668. The van der Waals surface area contributed by atoms with Gasteiger partial charge in [-0.1, -0.05) is 11.6 Å². The zero-order chi connectivity index (χ0) is 10.1. The van der Waals surface area contributed by atoms with Crippen molar-refractivity contribution >= 4 is 54.3 Å². The molecule has 0 radical (unpaired) electrons. The molecule has 1 atom stereocenters. The minimum atomic E-state index is -3.66. The Morgan fingerprint density at radius 2 is 2.08 bits per heavy atom. The monoisotopic (exact) mass is 278 g/mol. The summed E-state index contributed by atoms with van der Waals surface area (Å²) in [4.78, 5) is 0.565. The summed E-state index contributed by atoms with van der Waals surface area (Å²) in [7, 11) is 1.53. The standard InChI is InChI=1S/C6H5Cl3O2S2/c7-3-5(13(9,10)11)4-1-2-6(8)12-4/h1-2,5H,3H2. The van der Waals surface area contributed by atoms with Gasteiger partial charge in [0, 0.05) is 21.4 Å². The number of halogens is 3. The number of alkyl halides is 1. The van der Waals surface area contributed by atoms with E-state index in [1.807, 2.05) is 0 Å². The first-order valence-corrected chi connectivity index (χ1v) is 7.30. The van der Waals surface area contributed by atoms with Crippen LogP contribution in [0.4, 0.5) is 0 Å². The van der Waals surface area contributed by atoms with Gasteiger partial charge in [0.15, 0.2) is 0 Å². The molecule has 0 aliphatic heterocycles. The van der Waals surface area contributed by atoms with Crippen LogP contribution in [-0.2, 0) is 9.05 Å². The molecule has 0 saturated carbocycles. The summed E-state index contributed by atoms with van der Waals surface area (Å²) in [5.41, 5.74) is 0. The van der Waals surface area contributed by atoms with Crippen molar-refractivity contribution in [3.05, 3.63) is 21.3 Å². The maximum atomic E-state index is 11.0. The summed E-state index contributed by atoms with van der Waals surface area (Å²) >= 11 is 12.3. The lowest BCUT2D eigenvalue weighted by Gasteiger charge is -2.06. The lowest BCUT2D eigenvalue weighted by molar-refractivity contribution is 0.602. The molecule has 74 valence electrons. The molecule has 0 bridgehead atoms. The van der Waals surface area contributed by atoms with Crippen LogP contribution in [0.2, 0.25) is 4.34 Å². The van der Waals surface area contributed by atoms with E-state index in [9.17, 15) is 8.42 Å². The number of rotatable bonds is 3. The highest BCUT2D eigenvalue weighted by atomic mass is 35.7. The van der Waals surface area contributed by atoms with Crippen LogP contribution in [0.15, 0.2) is 12.1 Å². The predicted octanol–water partition coefficient (Wildman–Crippen LogP) is 3.25. The summed E-state index contributed by atoms with van der Waals surface area (Å²) in [6, 6.07) is 3.23. The van der Waals surface area contributed by atoms with Crippen LogP contribution in [0.5, 0.6) is 0 Å². The normalized spacial score (nSPS) is 14.4. The second-order valence-corrected chi connectivity index (χ2v) is 7.13. The molecule has 0 amide bonds. The Morgan fingerprint density at radius 3 is 2.38 bits per heavy atom. The summed E-state index contributed by atoms with van der Waals surface area (Å²) in [5, 5.41) is -0.867. The fourth-order valence-electron chi connectivity index (χ4n) is 0.791. The smallest absolute Gasteiger partial charge is 0.211 e. The van der Waals surface area contributed by atoms with E-state index in [0.717, 1.165) is 11.3 Å². The van der Waals surface area contributed by atoms with Crippen molar-refractivity contribution in [2.75, 3.05) is 5.88 Å². The number of thiophene rings is 1. The lowest BCUT2D eigenvalue weighted by atomic mass is 10.4. The van der Waals surface area contributed by atoms with Gasteiger partial charge in [0.1, 0.15) is 5.25 Å². The maximum Gasteiger partial charge on any atom is 0.241 e. The summed E-state index contributed by atoms with van der Waals surface area (Å²) in [6.07, 6.45) is 0. The molecule has 1 unspecified atom stereocenters. The van der Waals surface area contributed by atoms with E-state index in [1.54, 1.807) is 12.1 Å². The molecule has 1 aromatic heterocycles. The lowest BCUT2D eigenvalue weighted by Crippen LogP contribution is -2.06. The first-order valence-electron chi connectivity index (χ1n) is 3.20. The summed E-state index contributed by atoms with van der Waals surface area (Å²) < 4.78 is 22.6. The highest BCUT2D eigenvalue weighted by Crippen LogP contribution is 2.34.